The van der Waals surface area contributed by atoms with E-state index in [0.717, 1.165) is 23.2 Å². The summed E-state index contributed by atoms with van der Waals surface area (Å²) in [7, 11) is 1.99. The zero-order valence-electron chi connectivity index (χ0n) is 11.8. The van der Waals surface area contributed by atoms with E-state index in [-0.39, 0.29) is 6.04 Å². The molecule has 2 nitrogen and oxygen atoms in total. The Morgan fingerprint density at radius 2 is 2.25 bits per heavy atom. The molecule has 1 aliphatic carbocycles. The fourth-order valence-electron chi connectivity index (χ4n) is 2.92. The maximum Gasteiger partial charge on any atom is 0.152 e. The minimum atomic E-state index is 0.225. The van der Waals surface area contributed by atoms with Crippen LogP contribution < -0.4 is 5.32 Å². The quantitative estimate of drug-likeness (QED) is 0.779. The second-order valence-electron chi connectivity index (χ2n) is 5.46. The number of nitrogens with one attached hydrogen (secondary N) is 1. The lowest BCUT2D eigenvalue weighted by atomic mass is 9.93. The summed E-state index contributed by atoms with van der Waals surface area (Å²) in [5.41, 5.74) is 2.34. The van der Waals surface area contributed by atoms with Gasteiger partial charge in [0.25, 0.3) is 0 Å². The molecule has 1 aliphatic rings. The molecule has 1 N–H and O–H groups in total. The van der Waals surface area contributed by atoms with Crippen molar-refractivity contribution in [2.45, 2.75) is 38.1 Å². The Kier molecular flexibility index (Phi) is 4.13. The standard InChI is InChI=1S/C17H20ClNO/c1-19-15(10-12-6-3-2-4-7-12)16-11-13-8-5-9-14(18)17(13)20-16/h5-6,8-9,11,15,19H,2-4,7,10H2,1H3. The van der Waals surface area contributed by atoms with Gasteiger partial charge in [-0.25, -0.2) is 0 Å². The second-order valence-corrected chi connectivity index (χ2v) is 5.87. The largest absolute Gasteiger partial charge is 0.458 e. The van der Waals surface area contributed by atoms with Crippen molar-refractivity contribution in [1.29, 1.82) is 0 Å². The number of hydrogen-bond acceptors (Lipinski definition) is 2. The minimum absolute atomic E-state index is 0.225. The Bertz CT molecular complexity index is 629. The highest BCUT2D eigenvalue weighted by atomic mass is 35.5. The lowest BCUT2D eigenvalue weighted by Gasteiger charge is -2.18. The molecule has 3 heteroatoms. The zero-order chi connectivity index (χ0) is 13.9. The Labute approximate surface area is 124 Å². The van der Waals surface area contributed by atoms with Crippen LogP contribution in [-0.2, 0) is 0 Å². The van der Waals surface area contributed by atoms with Crippen LogP contribution in [0.1, 0.15) is 43.9 Å². The smallest absolute Gasteiger partial charge is 0.152 e. The van der Waals surface area contributed by atoms with Gasteiger partial charge < -0.3 is 9.73 Å². The average Bonchev–Trinajstić information content (AvgIpc) is 2.91. The number of furan rings is 1. The summed E-state index contributed by atoms with van der Waals surface area (Å²) < 4.78 is 5.97. The molecule has 1 aromatic heterocycles. The predicted molar refractivity (Wildman–Crippen MR) is 84.2 cm³/mol. The van der Waals surface area contributed by atoms with E-state index in [9.17, 15) is 0 Å². The van der Waals surface area contributed by atoms with E-state index in [0.29, 0.717) is 5.02 Å². The van der Waals surface area contributed by atoms with Gasteiger partial charge in [-0.05, 0) is 51.3 Å². The fourth-order valence-corrected chi connectivity index (χ4v) is 3.14. The molecule has 1 aromatic carbocycles. The molecule has 0 spiro atoms. The molecule has 3 rings (SSSR count). The highest BCUT2D eigenvalue weighted by molar-refractivity contribution is 6.34. The van der Waals surface area contributed by atoms with Crippen LogP contribution in [0.15, 0.2) is 40.3 Å². The third kappa shape index (κ3) is 2.77. The maximum atomic E-state index is 6.18. The van der Waals surface area contributed by atoms with E-state index in [1.54, 1.807) is 5.57 Å². The Balaban J connectivity index is 1.87. The average molecular weight is 290 g/mol. The Morgan fingerprint density at radius 3 is 2.95 bits per heavy atom. The molecule has 0 aliphatic heterocycles. The van der Waals surface area contributed by atoms with Gasteiger partial charge in [-0.15, -0.1) is 0 Å². The van der Waals surface area contributed by atoms with Gasteiger partial charge in [-0.1, -0.05) is 35.4 Å². The normalized spacial score (nSPS) is 17.2. The third-order valence-corrected chi connectivity index (χ3v) is 4.36. The molecule has 20 heavy (non-hydrogen) atoms. The van der Waals surface area contributed by atoms with Crippen molar-refractivity contribution in [3.8, 4) is 0 Å². The van der Waals surface area contributed by atoms with Crippen molar-refractivity contribution < 1.29 is 4.42 Å². The molecule has 1 unspecified atom stereocenters. The predicted octanol–water partition coefficient (Wildman–Crippen LogP) is 5.24. The first-order chi connectivity index (χ1) is 9.78. The molecule has 0 saturated heterocycles. The highest BCUT2D eigenvalue weighted by Crippen LogP contribution is 2.33. The third-order valence-electron chi connectivity index (χ3n) is 4.06. The minimum Gasteiger partial charge on any atom is -0.458 e. The van der Waals surface area contributed by atoms with E-state index >= 15 is 0 Å². The van der Waals surface area contributed by atoms with Gasteiger partial charge in [0, 0.05) is 5.39 Å². The first-order valence-electron chi connectivity index (χ1n) is 7.31. The van der Waals surface area contributed by atoms with Gasteiger partial charge >= 0.3 is 0 Å². The summed E-state index contributed by atoms with van der Waals surface area (Å²) in [6.45, 7) is 0. The molecular weight excluding hydrogens is 270 g/mol. The molecule has 0 bridgehead atoms. The molecule has 0 amide bonds. The summed E-state index contributed by atoms with van der Waals surface area (Å²) in [6, 6.07) is 8.20. The van der Waals surface area contributed by atoms with Gasteiger partial charge in [-0.2, -0.15) is 0 Å². The van der Waals surface area contributed by atoms with Crippen molar-refractivity contribution in [1.82, 2.24) is 5.32 Å². The van der Waals surface area contributed by atoms with Crippen LogP contribution in [0.2, 0.25) is 5.02 Å². The Hall–Kier alpha value is -1.25. The van der Waals surface area contributed by atoms with E-state index in [2.05, 4.69) is 17.5 Å². The van der Waals surface area contributed by atoms with Gasteiger partial charge in [0.2, 0.25) is 0 Å². The van der Waals surface area contributed by atoms with E-state index in [1.807, 2.05) is 25.2 Å². The van der Waals surface area contributed by atoms with Crippen LogP contribution in [0.4, 0.5) is 0 Å². The number of para-hydroxylation sites is 1. The van der Waals surface area contributed by atoms with Crippen LogP contribution in [0.25, 0.3) is 11.0 Å². The van der Waals surface area contributed by atoms with Crippen LogP contribution in [0, 0.1) is 0 Å². The fraction of sp³-hybridized carbons (Fsp3) is 0.412. The van der Waals surface area contributed by atoms with Crippen molar-refractivity contribution in [2.75, 3.05) is 7.05 Å². The highest BCUT2D eigenvalue weighted by Gasteiger charge is 2.18. The molecule has 1 atom stereocenters. The van der Waals surface area contributed by atoms with Gasteiger partial charge in [0.1, 0.15) is 5.76 Å². The monoisotopic (exact) mass is 289 g/mol. The molecule has 0 fully saturated rings. The summed E-state index contributed by atoms with van der Waals surface area (Å²) in [4.78, 5) is 0. The van der Waals surface area contributed by atoms with E-state index in [4.69, 9.17) is 16.0 Å². The van der Waals surface area contributed by atoms with Crippen molar-refractivity contribution in [3.05, 3.63) is 46.7 Å². The first-order valence-corrected chi connectivity index (χ1v) is 7.69. The van der Waals surface area contributed by atoms with Crippen LogP contribution in [-0.4, -0.2) is 7.05 Å². The van der Waals surface area contributed by atoms with Crippen molar-refractivity contribution in [3.63, 3.8) is 0 Å². The number of hydrogen-bond donors (Lipinski definition) is 1. The van der Waals surface area contributed by atoms with Gasteiger partial charge in [-0.3, -0.25) is 0 Å². The number of fused-ring (bicyclic) bond motifs is 1. The maximum absolute atomic E-state index is 6.18. The summed E-state index contributed by atoms with van der Waals surface area (Å²) >= 11 is 6.18. The lowest BCUT2D eigenvalue weighted by molar-refractivity contribution is 0.443. The van der Waals surface area contributed by atoms with Crippen molar-refractivity contribution >= 4 is 22.6 Å². The summed E-state index contributed by atoms with van der Waals surface area (Å²) in [5, 5.41) is 5.12. The molecule has 2 aromatic rings. The molecular formula is C17H20ClNO. The SMILES string of the molecule is CNC(CC1=CCCCC1)c1cc2cccc(Cl)c2o1. The second kappa shape index (κ2) is 6.02. The van der Waals surface area contributed by atoms with Gasteiger partial charge in [0.15, 0.2) is 5.58 Å². The first kappa shape index (κ1) is 13.7. The van der Waals surface area contributed by atoms with E-state index in [1.165, 1.54) is 25.7 Å². The van der Waals surface area contributed by atoms with Crippen LogP contribution in [0.3, 0.4) is 0 Å². The number of allylic oxidation sites excluding steroid dienone is 1. The van der Waals surface area contributed by atoms with Crippen LogP contribution >= 0.6 is 11.6 Å². The number of benzene rings is 1. The summed E-state index contributed by atoms with van der Waals surface area (Å²) in [6.07, 6.45) is 8.50. The molecule has 1 heterocycles. The molecule has 106 valence electrons. The van der Waals surface area contributed by atoms with Gasteiger partial charge in [0.05, 0.1) is 11.1 Å². The summed E-state index contributed by atoms with van der Waals surface area (Å²) in [5.74, 6) is 0.974. The topological polar surface area (TPSA) is 25.2 Å². The van der Waals surface area contributed by atoms with E-state index < -0.39 is 0 Å². The zero-order valence-corrected chi connectivity index (χ0v) is 12.5. The van der Waals surface area contributed by atoms with Crippen LogP contribution in [0.5, 0.6) is 0 Å². The number of rotatable bonds is 4. The Morgan fingerprint density at radius 1 is 1.35 bits per heavy atom. The molecule has 0 radical (unpaired) electrons. The number of halogens is 1. The molecule has 0 saturated carbocycles. The van der Waals surface area contributed by atoms with Crippen molar-refractivity contribution in [2.24, 2.45) is 0 Å². The lowest BCUT2D eigenvalue weighted by Crippen LogP contribution is -2.16.